The summed E-state index contributed by atoms with van der Waals surface area (Å²) >= 11 is 3.34. The van der Waals surface area contributed by atoms with Gasteiger partial charge in [0.25, 0.3) is 0 Å². The van der Waals surface area contributed by atoms with Gasteiger partial charge in [-0.3, -0.25) is 0 Å². The molecule has 0 saturated heterocycles. The van der Waals surface area contributed by atoms with Gasteiger partial charge in [-0.15, -0.1) is 0 Å². The molecule has 14 heavy (non-hydrogen) atoms. The smallest absolute Gasteiger partial charge is 0.140 e. The average Bonchev–Trinajstić information content (AvgIpc) is 2.26. The molecule has 0 aliphatic heterocycles. The lowest BCUT2D eigenvalue weighted by Crippen LogP contribution is -1.95. The summed E-state index contributed by atoms with van der Waals surface area (Å²) in [5.41, 5.74) is 1.44. The Morgan fingerprint density at radius 1 is 1.29 bits per heavy atom. The fourth-order valence-electron chi connectivity index (χ4n) is 1.15. The molecule has 3 nitrogen and oxygen atoms in total. The summed E-state index contributed by atoms with van der Waals surface area (Å²) in [6, 6.07) is 5.68. The first kappa shape index (κ1) is 10.9. The van der Waals surface area contributed by atoms with Crippen molar-refractivity contribution in [2.75, 3.05) is 14.2 Å². The van der Waals surface area contributed by atoms with Crippen molar-refractivity contribution in [3.8, 4) is 17.6 Å². The van der Waals surface area contributed by atoms with Gasteiger partial charge < -0.3 is 9.47 Å². The molecule has 0 N–H and O–H groups in total. The number of ether oxygens (including phenoxy) is 2. The van der Waals surface area contributed by atoms with Gasteiger partial charge in [-0.05, 0) is 17.7 Å². The van der Waals surface area contributed by atoms with Gasteiger partial charge >= 0.3 is 0 Å². The van der Waals surface area contributed by atoms with Gasteiger partial charge in [0, 0.05) is 5.33 Å². The Bertz CT molecular complexity index is 346. The Morgan fingerprint density at radius 2 is 1.79 bits per heavy atom. The van der Waals surface area contributed by atoms with Crippen molar-refractivity contribution in [2.45, 2.75) is 5.33 Å². The van der Waals surface area contributed by atoms with E-state index in [0.29, 0.717) is 22.4 Å². The van der Waals surface area contributed by atoms with E-state index in [4.69, 9.17) is 14.7 Å². The van der Waals surface area contributed by atoms with Crippen LogP contribution in [0.25, 0.3) is 0 Å². The molecule has 4 heteroatoms. The Balaban J connectivity index is 3.34. The van der Waals surface area contributed by atoms with Crippen LogP contribution >= 0.6 is 15.9 Å². The van der Waals surface area contributed by atoms with Crippen molar-refractivity contribution in [1.82, 2.24) is 0 Å². The molecule has 0 amide bonds. The first-order valence-electron chi connectivity index (χ1n) is 3.97. The maximum atomic E-state index is 8.90. The van der Waals surface area contributed by atoms with E-state index >= 15 is 0 Å². The van der Waals surface area contributed by atoms with Gasteiger partial charge in [-0.2, -0.15) is 5.26 Å². The highest BCUT2D eigenvalue weighted by Crippen LogP contribution is 2.30. The highest BCUT2D eigenvalue weighted by Gasteiger charge is 2.11. The third-order valence-corrected chi connectivity index (χ3v) is 2.48. The van der Waals surface area contributed by atoms with Crippen LogP contribution in [-0.2, 0) is 5.33 Å². The second kappa shape index (κ2) is 4.87. The molecule has 0 fully saturated rings. The van der Waals surface area contributed by atoms with Crippen molar-refractivity contribution >= 4 is 15.9 Å². The fraction of sp³-hybridized carbons (Fsp3) is 0.300. The van der Waals surface area contributed by atoms with Crippen LogP contribution in [0, 0.1) is 11.3 Å². The van der Waals surface area contributed by atoms with Crippen molar-refractivity contribution in [3.05, 3.63) is 23.3 Å². The monoisotopic (exact) mass is 255 g/mol. The number of hydrogen-bond donors (Lipinski definition) is 0. The van der Waals surface area contributed by atoms with Crippen LogP contribution in [0.3, 0.4) is 0 Å². The van der Waals surface area contributed by atoms with Crippen LogP contribution in [0.5, 0.6) is 11.5 Å². The van der Waals surface area contributed by atoms with Gasteiger partial charge in [-0.25, -0.2) is 0 Å². The zero-order chi connectivity index (χ0) is 10.6. The molecule has 0 unspecified atom stereocenters. The summed E-state index contributed by atoms with van der Waals surface area (Å²) in [6.07, 6.45) is 0. The number of nitriles is 1. The molecule has 1 aromatic carbocycles. The van der Waals surface area contributed by atoms with Crippen molar-refractivity contribution in [1.29, 1.82) is 5.26 Å². The Kier molecular flexibility index (Phi) is 3.78. The third-order valence-electron chi connectivity index (χ3n) is 1.83. The van der Waals surface area contributed by atoms with Gasteiger partial charge in [0.05, 0.1) is 14.2 Å². The quantitative estimate of drug-likeness (QED) is 0.780. The van der Waals surface area contributed by atoms with E-state index in [1.165, 1.54) is 14.2 Å². The Labute approximate surface area is 91.4 Å². The van der Waals surface area contributed by atoms with E-state index < -0.39 is 0 Å². The van der Waals surface area contributed by atoms with E-state index in [9.17, 15) is 0 Å². The van der Waals surface area contributed by atoms with Gasteiger partial charge in [0.15, 0.2) is 0 Å². The predicted molar refractivity (Wildman–Crippen MR) is 56.9 cm³/mol. The second-order valence-corrected chi connectivity index (χ2v) is 3.18. The molecule has 0 aliphatic rings. The second-order valence-electron chi connectivity index (χ2n) is 2.62. The average molecular weight is 256 g/mol. The van der Waals surface area contributed by atoms with E-state index in [2.05, 4.69) is 22.0 Å². The largest absolute Gasteiger partial charge is 0.495 e. The molecular formula is C10H10BrNO2. The summed E-state index contributed by atoms with van der Waals surface area (Å²) in [5, 5.41) is 9.60. The number of methoxy groups -OCH3 is 2. The number of nitrogens with zero attached hydrogens (tertiary/aromatic N) is 1. The van der Waals surface area contributed by atoms with E-state index in [0.717, 1.165) is 5.56 Å². The van der Waals surface area contributed by atoms with Crippen molar-refractivity contribution in [3.63, 3.8) is 0 Å². The van der Waals surface area contributed by atoms with Crippen LogP contribution in [0.15, 0.2) is 12.1 Å². The minimum absolute atomic E-state index is 0.430. The molecule has 0 aromatic heterocycles. The lowest BCUT2D eigenvalue weighted by molar-refractivity contribution is 0.391. The van der Waals surface area contributed by atoms with Gasteiger partial charge in [0.1, 0.15) is 23.1 Å². The number of rotatable bonds is 3. The molecule has 0 spiro atoms. The SMILES string of the molecule is COc1cc(CBr)cc(OC)c1C#N. The molecule has 0 aliphatic carbocycles. The first-order valence-corrected chi connectivity index (χ1v) is 5.10. The topological polar surface area (TPSA) is 42.2 Å². The van der Waals surface area contributed by atoms with Gasteiger partial charge in [-0.1, -0.05) is 15.9 Å². The standard InChI is InChI=1S/C10H10BrNO2/c1-13-9-3-7(5-11)4-10(14-2)8(9)6-12/h3-4H,5H2,1-2H3. The maximum absolute atomic E-state index is 8.90. The van der Waals surface area contributed by atoms with E-state index in [1.807, 2.05) is 12.1 Å². The first-order chi connectivity index (χ1) is 6.76. The highest BCUT2D eigenvalue weighted by molar-refractivity contribution is 9.08. The van der Waals surface area contributed by atoms with Crippen LogP contribution in [0.2, 0.25) is 0 Å². The number of hydrogen-bond acceptors (Lipinski definition) is 3. The molecule has 0 bridgehead atoms. The van der Waals surface area contributed by atoms with Crippen LogP contribution in [-0.4, -0.2) is 14.2 Å². The van der Waals surface area contributed by atoms with E-state index in [-0.39, 0.29) is 0 Å². The lowest BCUT2D eigenvalue weighted by Gasteiger charge is -2.09. The minimum Gasteiger partial charge on any atom is -0.495 e. The maximum Gasteiger partial charge on any atom is 0.140 e. The third kappa shape index (κ3) is 1.99. The minimum atomic E-state index is 0.430. The lowest BCUT2D eigenvalue weighted by atomic mass is 10.1. The van der Waals surface area contributed by atoms with Crippen LogP contribution in [0.4, 0.5) is 0 Å². The summed E-state index contributed by atoms with van der Waals surface area (Å²) < 4.78 is 10.2. The Morgan fingerprint density at radius 3 is 2.07 bits per heavy atom. The van der Waals surface area contributed by atoms with Crippen molar-refractivity contribution in [2.24, 2.45) is 0 Å². The summed E-state index contributed by atoms with van der Waals surface area (Å²) in [6.45, 7) is 0. The molecule has 0 radical (unpaired) electrons. The van der Waals surface area contributed by atoms with Gasteiger partial charge in [0.2, 0.25) is 0 Å². The molecule has 0 saturated carbocycles. The van der Waals surface area contributed by atoms with Crippen molar-refractivity contribution < 1.29 is 9.47 Å². The van der Waals surface area contributed by atoms with E-state index in [1.54, 1.807) is 0 Å². The highest BCUT2D eigenvalue weighted by atomic mass is 79.9. The molecule has 0 heterocycles. The van der Waals surface area contributed by atoms with Crippen LogP contribution < -0.4 is 9.47 Å². The summed E-state index contributed by atoms with van der Waals surface area (Å²) in [4.78, 5) is 0. The molecule has 74 valence electrons. The molecule has 1 rings (SSSR count). The van der Waals surface area contributed by atoms with Crippen LogP contribution in [0.1, 0.15) is 11.1 Å². The summed E-state index contributed by atoms with van der Waals surface area (Å²) in [5.74, 6) is 1.09. The number of benzene rings is 1. The number of halogens is 1. The zero-order valence-corrected chi connectivity index (χ0v) is 9.59. The molecule has 1 aromatic rings. The summed E-state index contributed by atoms with van der Waals surface area (Å²) in [7, 11) is 3.07. The normalized spacial score (nSPS) is 9.29. The predicted octanol–water partition coefficient (Wildman–Crippen LogP) is 2.47. The number of alkyl halides is 1. The molecule has 0 atom stereocenters. The molecular weight excluding hydrogens is 246 g/mol. The fourth-order valence-corrected chi connectivity index (χ4v) is 1.48. The zero-order valence-electron chi connectivity index (χ0n) is 8.00. The Hall–Kier alpha value is -1.21.